The van der Waals surface area contributed by atoms with Crippen LogP contribution in [-0.4, -0.2) is 53.3 Å². The minimum Gasteiger partial charge on any atom is -0.423 e. The van der Waals surface area contributed by atoms with Crippen molar-refractivity contribution in [3.05, 3.63) is 159 Å². The van der Waals surface area contributed by atoms with Crippen LogP contribution in [0.25, 0.3) is 0 Å². The molecular weight excluding hydrogens is 640 g/mol. The minimum absolute atomic E-state index is 0.0239. The second-order valence-electron chi connectivity index (χ2n) is 11.6. The van der Waals surface area contributed by atoms with E-state index in [1.165, 1.54) is 79.8 Å². The second-order valence-corrected chi connectivity index (χ2v) is 11.6. The molecule has 0 aliphatic carbocycles. The van der Waals surface area contributed by atoms with E-state index in [0.29, 0.717) is 11.1 Å². The first-order valence-electron chi connectivity index (χ1n) is 15.3. The molecule has 4 amide bonds. The molecule has 0 aromatic heterocycles. The van der Waals surface area contributed by atoms with E-state index in [9.17, 15) is 33.6 Å². The maximum absolute atomic E-state index is 13.4. The third-order valence-electron chi connectivity index (χ3n) is 8.39. The van der Waals surface area contributed by atoms with Crippen molar-refractivity contribution in [3.8, 4) is 11.5 Å². The Balaban J connectivity index is 1.00. The summed E-state index contributed by atoms with van der Waals surface area (Å²) < 4.78 is 10.8. The number of nitrogens with zero attached hydrogens (tertiary/aromatic N) is 2. The van der Waals surface area contributed by atoms with Crippen LogP contribution in [0.2, 0.25) is 0 Å². The van der Waals surface area contributed by atoms with Gasteiger partial charge in [-0.2, -0.15) is 0 Å². The number of carbonyl (C=O) groups excluding carboxylic acids is 7. The number of hydrogen-bond acceptors (Lipinski definition) is 9. The molecular formula is C39H24N2O9. The average molecular weight is 665 g/mol. The Morgan fingerprint density at radius 3 is 1.40 bits per heavy atom. The van der Waals surface area contributed by atoms with Crippen molar-refractivity contribution >= 4 is 47.0 Å². The topological polar surface area (TPSA) is 144 Å². The van der Waals surface area contributed by atoms with E-state index in [1.807, 2.05) is 19.1 Å². The van der Waals surface area contributed by atoms with Crippen LogP contribution in [0.5, 0.6) is 11.5 Å². The molecule has 7 rings (SSSR count). The van der Waals surface area contributed by atoms with Crippen LogP contribution in [0.1, 0.15) is 83.6 Å². The van der Waals surface area contributed by atoms with Crippen molar-refractivity contribution < 1.29 is 43.0 Å². The first kappa shape index (κ1) is 31.6. The number of imide groups is 2. The Hall–Kier alpha value is -7.01. The molecule has 5 aromatic carbocycles. The van der Waals surface area contributed by atoms with Crippen molar-refractivity contribution in [3.63, 3.8) is 0 Å². The van der Waals surface area contributed by atoms with Crippen LogP contribution >= 0.6 is 0 Å². The normalized spacial score (nSPS) is 13.3. The van der Waals surface area contributed by atoms with Crippen LogP contribution in [-0.2, 0) is 0 Å². The lowest BCUT2D eigenvalue weighted by Crippen LogP contribution is -2.29. The molecule has 0 N–H and O–H groups in total. The lowest BCUT2D eigenvalue weighted by Gasteiger charge is -2.14. The van der Waals surface area contributed by atoms with Crippen molar-refractivity contribution in [1.29, 1.82) is 0 Å². The average Bonchev–Trinajstić information content (AvgIpc) is 3.51. The predicted octanol–water partition coefficient (Wildman–Crippen LogP) is 5.69. The van der Waals surface area contributed by atoms with Crippen molar-refractivity contribution in [2.45, 2.75) is 6.92 Å². The Morgan fingerprint density at radius 2 is 0.880 bits per heavy atom. The van der Waals surface area contributed by atoms with E-state index in [0.717, 1.165) is 15.4 Å². The third-order valence-corrected chi connectivity index (χ3v) is 8.39. The third kappa shape index (κ3) is 5.52. The molecule has 50 heavy (non-hydrogen) atoms. The Labute approximate surface area is 284 Å². The molecule has 0 atom stereocenters. The quantitative estimate of drug-likeness (QED) is 0.0927. The highest BCUT2D eigenvalue weighted by Crippen LogP contribution is 2.30. The maximum Gasteiger partial charge on any atom is 0.343 e. The Morgan fingerprint density at radius 1 is 0.480 bits per heavy atom. The molecule has 2 aliphatic heterocycles. The molecule has 0 bridgehead atoms. The first-order valence-corrected chi connectivity index (χ1v) is 15.3. The van der Waals surface area contributed by atoms with E-state index in [2.05, 4.69) is 0 Å². The number of hydrogen-bond donors (Lipinski definition) is 0. The van der Waals surface area contributed by atoms with Gasteiger partial charge in [0.05, 0.1) is 39.1 Å². The van der Waals surface area contributed by atoms with Crippen LogP contribution in [0, 0.1) is 6.92 Å². The minimum atomic E-state index is -0.794. The highest BCUT2D eigenvalue weighted by Gasteiger charge is 2.37. The zero-order chi connectivity index (χ0) is 35.3. The summed E-state index contributed by atoms with van der Waals surface area (Å²) in [6.45, 7) is 1.92. The number of aryl methyl sites for hydroxylation is 1. The smallest absolute Gasteiger partial charge is 0.343 e. The molecule has 11 heteroatoms. The largest absolute Gasteiger partial charge is 0.423 e. The van der Waals surface area contributed by atoms with E-state index in [4.69, 9.17) is 9.47 Å². The van der Waals surface area contributed by atoms with Crippen molar-refractivity contribution in [2.75, 3.05) is 11.9 Å². The zero-order valence-electron chi connectivity index (χ0n) is 26.5. The molecule has 11 nitrogen and oxygen atoms in total. The highest BCUT2D eigenvalue weighted by molar-refractivity contribution is 6.34. The van der Waals surface area contributed by atoms with Crippen molar-refractivity contribution in [2.24, 2.45) is 0 Å². The lowest BCUT2D eigenvalue weighted by molar-refractivity contribution is 0.0688. The van der Waals surface area contributed by atoms with Gasteiger partial charge >= 0.3 is 11.9 Å². The number of amides is 4. The van der Waals surface area contributed by atoms with Crippen molar-refractivity contribution in [1.82, 2.24) is 4.90 Å². The predicted molar refractivity (Wildman–Crippen MR) is 178 cm³/mol. The number of esters is 2. The van der Waals surface area contributed by atoms with Gasteiger partial charge in [-0.25, -0.2) is 14.5 Å². The van der Waals surface area contributed by atoms with Crippen LogP contribution in [0.4, 0.5) is 5.69 Å². The van der Waals surface area contributed by atoms with Crippen LogP contribution < -0.4 is 14.4 Å². The van der Waals surface area contributed by atoms with E-state index >= 15 is 0 Å². The van der Waals surface area contributed by atoms with Gasteiger partial charge in [0.15, 0.2) is 5.78 Å². The Kier molecular flexibility index (Phi) is 7.72. The zero-order valence-corrected chi connectivity index (χ0v) is 26.5. The summed E-state index contributed by atoms with van der Waals surface area (Å²) >= 11 is 0. The molecule has 0 saturated carbocycles. The van der Waals surface area contributed by atoms with Gasteiger partial charge in [-0.15, -0.1) is 0 Å². The Bertz CT molecular complexity index is 2310. The van der Waals surface area contributed by atoms with E-state index in [-0.39, 0.29) is 56.4 Å². The standard InChI is InChI=1S/C39H24N2O9/c1-21-3-5-22(6-4-21)33(42)23-7-11-26(12-8-23)41-36(45)30-18-10-25(20-32(30)37(41)46)39(48)50-28-15-13-27(14-16-28)49-38(47)24-9-17-29-31(19-24)35(44)40(2)34(29)43/h3-20H,1-2H3. The van der Waals surface area contributed by atoms with Gasteiger partial charge in [0, 0.05) is 18.2 Å². The number of ether oxygens (including phenoxy) is 2. The number of rotatable bonds is 7. The van der Waals surface area contributed by atoms with Gasteiger partial charge in [-0.1, -0.05) is 29.8 Å². The van der Waals surface area contributed by atoms with Gasteiger partial charge in [-0.05, 0) is 91.9 Å². The fraction of sp³-hybridized carbons (Fsp3) is 0.0513. The van der Waals surface area contributed by atoms with Gasteiger partial charge in [0.2, 0.25) is 0 Å². The number of anilines is 1. The lowest BCUT2D eigenvalue weighted by atomic mass is 10.0. The molecule has 0 unspecified atom stereocenters. The summed E-state index contributed by atoms with van der Waals surface area (Å²) in [6, 6.07) is 27.0. The fourth-order valence-electron chi connectivity index (χ4n) is 5.63. The molecule has 5 aromatic rings. The summed E-state index contributed by atoms with van der Waals surface area (Å²) in [5.74, 6) is -3.67. The summed E-state index contributed by atoms with van der Waals surface area (Å²) in [6.07, 6.45) is 0. The maximum atomic E-state index is 13.4. The van der Waals surface area contributed by atoms with Crippen LogP contribution in [0.3, 0.4) is 0 Å². The number of carbonyl (C=O) groups is 7. The molecule has 0 spiro atoms. The molecule has 2 aliphatic rings. The number of ketones is 1. The number of fused-ring (bicyclic) bond motifs is 2. The molecule has 0 fully saturated rings. The van der Waals surface area contributed by atoms with Gasteiger partial charge in [-0.3, -0.25) is 28.9 Å². The summed E-state index contributed by atoms with van der Waals surface area (Å²) in [5, 5.41) is 0. The molecule has 2 heterocycles. The summed E-state index contributed by atoms with van der Waals surface area (Å²) in [7, 11) is 1.36. The second kappa shape index (κ2) is 12.2. The SMILES string of the molecule is Cc1ccc(C(=O)c2ccc(N3C(=O)c4ccc(C(=O)Oc5ccc(OC(=O)c6ccc7c(c6)C(=O)N(C)C7=O)cc5)cc4C3=O)cc2)cc1. The molecule has 0 radical (unpaired) electrons. The van der Waals surface area contributed by atoms with E-state index < -0.39 is 35.6 Å². The number of benzene rings is 5. The summed E-state index contributed by atoms with van der Waals surface area (Å²) in [4.78, 5) is 91.4. The van der Waals surface area contributed by atoms with Crippen LogP contribution in [0.15, 0.2) is 109 Å². The fourth-order valence-corrected chi connectivity index (χ4v) is 5.63. The van der Waals surface area contributed by atoms with E-state index in [1.54, 1.807) is 24.3 Å². The first-order chi connectivity index (χ1) is 24.0. The molecule has 0 saturated heterocycles. The highest BCUT2D eigenvalue weighted by atomic mass is 16.5. The summed E-state index contributed by atoms with van der Waals surface area (Å²) in [5.41, 5.74) is 2.76. The van der Waals surface area contributed by atoms with Gasteiger partial charge in [0.25, 0.3) is 23.6 Å². The monoisotopic (exact) mass is 664 g/mol. The molecule has 244 valence electrons. The van der Waals surface area contributed by atoms with Gasteiger partial charge < -0.3 is 9.47 Å². The van der Waals surface area contributed by atoms with Gasteiger partial charge in [0.1, 0.15) is 11.5 Å².